The Balaban J connectivity index is 1.49. The molecule has 0 bridgehead atoms. The van der Waals surface area contributed by atoms with Crippen molar-refractivity contribution in [3.05, 3.63) is 52.3 Å². The summed E-state index contributed by atoms with van der Waals surface area (Å²) in [6.45, 7) is 2.39. The molecule has 0 saturated heterocycles. The van der Waals surface area contributed by atoms with Gasteiger partial charge in [0.2, 0.25) is 0 Å². The maximum Gasteiger partial charge on any atom is 0.254 e. The van der Waals surface area contributed by atoms with E-state index in [0.717, 1.165) is 24.1 Å². The zero-order chi connectivity index (χ0) is 18.3. The smallest absolute Gasteiger partial charge is 0.254 e. The van der Waals surface area contributed by atoms with Gasteiger partial charge in [0.15, 0.2) is 0 Å². The van der Waals surface area contributed by atoms with Crippen LogP contribution in [0.5, 0.6) is 0 Å². The average molecular weight is 354 g/mol. The zero-order valence-corrected chi connectivity index (χ0v) is 15.5. The molecule has 2 aliphatic rings. The molecular weight excluding hydrogens is 328 g/mol. The first-order chi connectivity index (χ1) is 12.5. The highest BCUT2D eigenvalue weighted by Crippen LogP contribution is 2.25. The van der Waals surface area contributed by atoms with Crippen LogP contribution in [0.25, 0.3) is 0 Å². The second-order valence-corrected chi connectivity index (χ2v) is 7.63. The van der Waals surface area contributed by atoms with Crippen molar-refractivity contribution in [2.45, 2.75) is 38.5 Å². The van der Waals surface area contributed by atoms with Crippen LogP contribution in [0, 0.1) is 0 Å². The predicted octanol–water partition coefficient (Wildman–Crippen LogP) is 1.62. The van der Waals surface area contributed by atoms with Crippen molar-refractivity contribution >= 4 is 5.91 Å². The number of benzene rings is 1. The van der Waals surface area contributed by atoms with E-state index in [1.165, 1.54) is 17.5 Å². The van der Waals surface area contributed by atoms with Gasteiger partial charge in [0.1, 0.15) is 6.10 Å². The lowest BCUT2D eigenvalue weighted by Crippen LogP contribution is -2.38. The van der Waals surface area contributed by atoms with E-state index in [1.807, 2.05) is 40.7 Å². The maximum absolute atomic E-state index is 12.9. The molecule has 4 rings (SSSR count). The van der Waals surface area contributed by atoms with E-state index in [1.54, 1.807) is 0 Å². The van der Waals surface area contributed by atoms with E-state index in [9.17, 15) is 9.90 Å². The summed E-state index contributed by atoms with van der Waals surface area (Å²) in [5, 5.41) is 14.8. The van der Waals surface area contributed by atoms with Crippen molar-refractivity contribution in [3.8, 4) is 0 Å². The normalized spacial score (nSPS) is 17.3. The van der Waals surface area contributed by atoms with Crippen LogP contribution in [0.3, 0.4) is 0 Å². The first kappa shape index (κ1) is 17.2. The molecule has 0 radical (unpaired) electrons. The number of aryl methyl sites for hydroxylation is 2. The van der Waals surface area contributed by atoms with Crippen molar-refractivity contribution < 1.29 is 9.90 Å². The molecule has 1 aliphatic heterocycles. The minimum atomic E-state index is -0.607. The summed E-state index contributed by atoms with van der Waals surface area (Å²) in [7, 11) is 3.85. The largest absolute Gasteiger partial charge is 0.385 e. The number of carbonyl (C=O) groups is 1. The number of hydrogen-bond donors (Lipinski definition) is 1. The Morgan fingerprint density at radius 3 is 2.85 bits per heavy atom. The highest BCUT2D eigenvalue weighted by atomic mass is 16.3. The SMILES string of the molecule is CN(C)CC(O)c1cc2n(n1)CCN(C(=O)c1ccc3c(c1)CCC3)C2. The number of carbonyl (C=O) groups excluding carboxylic acids is 1. The number of aliphatic hydroxyl groups excluding tert-OH is 1. The van der Waals surface area contributed by atoms with E-state index in [4.69, 9.17) is 0 Å². The minimum Gasteiger partial charge on any atom is -0.385 e. The third-order valence-electron chi connectivity index (χ3n) is 5.33. The first-order valence-electron chi connectivity index (χ1n) is 9.32. The van der Waals surface area contributed by atoms with Gasteiger partial charge in [-0.2, -0.15) is 5.10 Å². The number of nitrogens with zero attached hydrogens (tertiary/aromatic N) is 4. The van der Waals surface area contributed by atoms with Crippen LogP contribution in [0.4, 0.5) is 0 Å². The summed E-state index contributed by atoms with van der Waals surface area (Å²) in [6, 6.07) is 8.07. The van der Waals surface area contributed by atoms with Gasteiger partial charge in [0, 0.05) is 18.7 Å². The highest BCUT2D eigenvalue weighted by Gasteiger charge is 2.25. The van der Waals surface area contributed by atoms with Gasteiger partial charge in [-0.3, -0.25) is 9.48 Å². The Morgan fingerprint density at radius 2 is 2.04 bits per heavy atom. The Labute approximate surface area is 154 Å². The molecule has 2 heterocycles. The Hall–Kier alpha value is -2.18. The molecular formula is C20H26N4O2. The molecule has 2 aromatic rings. The van der Waals surface area contributed by atoms with Crippen LogP contribution in [0.1, 0.15) is 45.4 Å². The van der Waals surface area contributed by atoms with Crippen molar-refractivity contribution in [3.63, 3.8) is 0 Å². The molecule has 0 fully saturated rings. The molecule has 1 aromatic heterocycles. The zero-order valence-electron chi connectivity index (χ0n) is 15.5. The quantitative estimate of drug-likeness (QED) is 0.906. The summed E-state index contributed by atoms with van der Waals surface area (Å²) in [5.41, 5.74) is 5.16. The highest BCUT2D eigenvalue weighted by molar-refractivity contribution is 5.94. The molecule has 6 nitrogen and oxygen atoms in total. The number of hydrogen-bond acceptors (Lipinski definition) is 4. The van der Waals surface area contributed by atoms with Crippen LogP contribution in [-0.4, -0.2) is 57.8 Å². The minimum absolute atomic E-state index is 0.0857. The van der Waals surface area contributed by atoms with E-state index in [0.29, 0.717) is 31.9 Å². The molecule has 1 aliphatic carbocycles. The lowest BCUT2D eigenvalue weighted by Gasteiger charge is -2.28. The van der Waals surface area contributed by atoms with E-state index in [-0.39, 0.29) is 5.91 Å². The third-order valence-corrected chi connectivity index (χ3v) is 5.33. The number of aromatic nitrogens is 2. The number of rotatable bonds is 4. The number of fused-ring (bicyclic) bond motifs is 2. The van der Waals surface area contributed by atoms with Gasteiger partial charge in [0.25, 0.3) is 5.91 Å². The van der Waals surface area contributed by atoms with Crippen LogP contribution in [-0.2, 0) is 25.9 Å². The van der Waals surface area contributed by atoms with Crippen molar-refractivity contribution in [2.75, 3.05) is 27.2 Å². The fourth-order valence-electron chi connectivity index (χ4n) is 3.95. The van der Waals surface area contributed by atoms with Gasteiger partial charge >= 0.3 is 0 Å². The Morgan fingerprint density at radius 1 is 1.23 bits per heavy atom. The average Bonchev–Trinajstić information content (AvgIpc) is 3.25. The number of aliphatic hydroxyl groups is 1. The monoisotopic (exact) mass is 354 g/mol. The lowest BCUT2D eigenvalue weighted by atomic mass is 10.1. The summed E-state index contributed by atoms with van der Waals surface area (Å²) < 4.78 is 1.92. The standard InChI is InChI=1S/C20H26N4O2/c1-22(2)13-19(25)18-11-17-12-23(8-9-24(17)21-18)20(26)16-7-6-14-4-3-5-15(14)10-16/h6-7,10-11,19,25H,3-5,8-9,12-13H2,1-2H3. The molecule has 1 unspecified atom stereocenters. The second kappa shape index (κ2) is 6.85. The molecule has 138 valence electrons. The van der Waals surface area contributed by atoms with Crippen molar-refractivity contribution in [1.29, 1.82) is 0 Å². The summed E-state index contributed by atoms with van der Waals surface area (Å²) in [5.74, 6) is 0.0857. The van der Waals surface area contributed by atoms with E-state index < -0.39 is 6.10 Å². The molecule has 1 aromatic carbocycles. The maximum atomic E-state index is 12.9. The van der Waals surface area contributed by atoms with Gasteiger partial charge in [-0.05, 0) is 62.7 Å². The number of amides is 1. The van der Waals surface area contributed by atoms with Crippen LogP contribution in [0.15, 0.2) is 24.3 Å². The second-order valence-electron chi connectivity index (χ2n) is 7.63. The fourth-order valence-corrected chi connectivity index (χ4v) is 3.95. The predicted molar refractivity (Wildman–Crippen MR) is 98.9 cm³/mol. The third kappa shape index (κ3) is 3.27. The Kier molecular flexibility index (Phi) is 4.54. The summed E-state index contributed by atoms with van der Waals surface area (Å²) in [6.07, 6.45) is 2.79. The number of likely N-dealkylation sites (N-methyl/N-ethyl adjacent to an activating group) is 1. The lowest BCUT2D eigenvalue weighted by molar-refractivity contribution is 0.0705. The molecule has 26 heavy (non-hydrogen) atoms. The molecule has 1 amide bonds. The molecule has 1 atom stereocenters. The van der Waals surface area contributed by atoms with Gasteiger partial charge < -0.3 is 14.9 Å². The molecule has 6 heteroatoms. The van der Waals surface area contributed by atoms with E-state index >= 15 is 0 Å². The molecule has 1 N–H and O–H groups in total. The summed E-state index contributed by atoms with van der Waals surface area (Å²) in [4.78, 5) is 16.8. The molecule has 0 spiro atoms. The van der Waals surface area contributed by atoms with Gasteiger partial charge in [-0.25, -0.2) is 0 Å². The fraction of sp³-hybridized carbons (Fsp3) is 0.500. The van der Waals surface area contributed by atoms with E-state index in [2.05, 4.69) is 17.2 Å². The summed E-state index contributed by atoms with van der Waals surface area (Å²) >= 11 is 0. The van der Waals surface area contributed by atoms with Crippen molar-refractivity contribution in [2.24, 2.45) is 0 Å². The topological polar surface area (TPSA) is 61.6 Å². The van der Waals surface area contributed by atoms with Crippen LogP contribution in [0.2, 0.25) is 0 Å². The van der Waals surface area contributed by atoms with Crippen molar-refractivity contribution in [1.82, 2.24) is 19.6 Å². The van der Waals surface area contributed by atoms with Gasteiger partial charge in [-0.15, -0.1) is 0 Å². The van der Waals surface area contributed by atoms with Gasteiger partial charge in [0.05, 0.1) is 24.5 Å². The van der Waals surface area contributed by atoms with Gasteiger partial charge in [-0.1, -0.05) is 6.07 Å². The van der Waals surface area contributed by atoms with Crippen LogP contribution < -0.4 is 0 Å². The Bertz CT molecular complexity index is 827. The first-order valence-corrected chi connectivity index (χ1v) is 9.32. The molecule has 0 saturated carbocycles. The van der Waals surface area contributed by atoms with Crippen LogP contribution >= 0.6 is 0 Å².